The van der Waals surface area contributed by atoms with Crippen LogP contribution in [0.25, 0.3) is 0 Å². The van der Waals surface area contributed by atoms with Crippen LogP contribution in [0.4, 0.5) is 5.69 Å². The van der Waals surface area contributed by atoms with Crippen molar-refractivity contribution in [3.63, 3.8) is 0 Å². The summed E-state index contributed by atoms with van der Waals surface area (Å²) in [4.78, 5) is 26.6. The molecule has 24 heavy (non-hydrogen) atoms. The minimum absolute atomic E-state index is 0. The summed E-state index contributed by atoms with van der Waals surface area (Å²) in [5.41, 5.74) is 1.28. The van der Waals surface area contributed by atoms with Gasteiger partial charge in [0.2, 0.25) is 5.91 Å². The Kier molecular flexibility index (Phi) is 7.02. The monoisotopic (exact) mass is 353 g/mol. The zero-order chi connectivity index (χ0) is 16.1. The highest BCUT2D eigenvalue weighted by Crippen LogP contribution is 2.17. The molecule has 7 heteroatoms. The van der Waals surface area contributed by atoms with E-state index in [0.29, 0.717) is 37.6 Å². The van der Waals surface area contributed by atoms with E-state index in [9.17, 15) is 9.59 Å². The van der Waals surface area contributed by atoms with Gasteiger partial charge in [-0.25, -0.2) is 0 Å². The zero-order valence-corrected chi connectivity index (χ0v) is 14.4. The molecule has 1 aromatic carbocycles. The Hall–Kier alpha value is -1.63. The molecule has 1 aromatic rings. The van der Waals surface area contributed by atoms with Crippen molar-refractivity contribution in [2.24, 2.45) is 5.92 Å². The molecule has 0 spiro atoms. The lowest BCUT2D eigenvalue weighted by atomic mass is 9.98. The lowest BCUT2D eigenvalue weighted by molar-refractivity contribution is -0.120. The Morgan fingerprint density at radius 2 is 2.04 bits per heavy atom. The Morgan fingerprint density at radius 3 is 2.75 bits per heavy atom. The highest BCUT2D eigenvalue weighted by Gasteiger charge is 2.22. The van der Waals surface area contributed by atoms with Gasteiger partial charge in [0.05, 0.1) is 19.1 Å². The van der Waals surface area contributed by atoms with Crippen LogP contribution in [0.15, 0.2) is 24.3 Å². The standard InChI is InChI=1S/C17H23N3O3.ClH/c21-16(14-4-2-6-18-12-14)19-15-5-1-3-13(11-15)17(22)20-7-9-23-10-8-20;/h1,3,5,11,14,18H,2,4,6-10,12H2,(H,19,21);1H. The maximum absolute atomic E-state index is 12.5. The van der Waals surface area contributed by atoms with Crippen molar-refractivity contribution in [1.29, 1.82) is 0 Å². The van der Waals surface area contributed by atoms with Crippen molar-refractivity contribution in [3.8, 4) is 0 Å². The van der Waals surface area contributed by atoms with Crippen LogP contribution in [0.2, 0.25) is 0 Å². The van der Waals surface area contributed by atoms with Crippen LogP contribution in [0.5, 0.6) is 0 Å². The van der Waals surface area contributed by atoms with Crippen molar-refractivity contribution >= 4 is 29.9 Å². The van der Waals surface area contributed by atoms with E-state index in [4.69, 9.17) is 4.74 Å². The number of carbonyl (C=O) groups excluding carboxylic acids is 2. The molecule has 3 rings (SSSR count). The summed E-state index contributed by atoms with van der Waals surface area (Å²) in [7, 11) is 0. The van der Waals surface area contributed by atoms with E-state index in [1.165, 1.54) is 0 Å². The topological polar surface area (TPSA) is 70.7 Å². The second-order valence-electron chi connectivity index (χ2n) is 6.02. The van der Waals surface area contributed by atoms with Crippen molar-refractivity contribution in [2.75, 3.05) is 44.7 Å². The van der Waals surface area contributed by atoms with Crippen LogP contribution in [0.1, 0.15) is 23.2 Å². The number of anilines is 1. The summed E-state index contributed by atoms with van der Waals surface area (Å²) in [6, 6.07) is 7.17. The molecular weight excluding hydrogens is 330 g/mol. The van der Waals surface area contributed by atoms with Crippen LogP contribution in [0.3, 0.4) is 0 Å². The molecule has 0 aliphatic carbocycles. The minimum Gasteiger partial charge on any atom is -0.378 e. The summed E-state index contributed by atoms with van der Waals surface area (Å²) in [6.45, 7) is 4.09. The highest BCUT2D eigenvalue weighted by atomic mass is 35.5. The average Bonchev–Trinajstić information content (AvgIpc) is 2.63. The number of nitrogens with zero attached hydrogens (tertiary/aromatic N) is 1. The average molecular weight is 354 g/mol. The lowest BCUT2D eigenvalue weighted by Gasteiger charge is -2.27. The smallest absolute Gasteiger partial charge is 0.254 e. The number of ether oxygens (including phenoxy) is 1. The number of amides is 2. The Bertz CT molecular complexity index is 570. The normalized spacial score (nSPS) is 20.8. The molecule has 0 bridgehead atoms. The summed E-state index contributed by atoms with van der Waals surface area (Å²) in [6.07, 6.45) is 1.93. The molecule has 2 aliphatic heterocycles. The number of carbonyl (C=O) groups is 2. The summed E-state index contributed by atoms with van der Waals surface area (Å²) in [5.74, 6) is 0.0132. The largest absolute Gasteiger partial charge is 0.378 e. The highest BCUT2D eigenvalue weighted by molar-refractivity contribution is 5.97. The van der Waals surface area contributed by atoms with E-state index in [1.54, 1.807) is 17.0 Å². The quantitative estimate of drug-likeness (QED) is 0.864. The van der Waals surface area contributed by atoms with Gasteiger partial charge in [-0.05, 0) is 37.6 Å². The van der Waals surface area contributed by atoms with Crippen LogP contribution in [-0.2, 0) is 9.53 Å². The van der Waals surface area contributed by atoms with Gasteiger partial charge in [0, 0.05) is 30.9 Å². The second kappa shape index (κ2) is 9.01. The van der Waals surface area contributed by atoms with E-state index in [0.717, 1.165) is 25.9 Å². The van der Waals surface area contributed by atoms with E-state index in [2.05, 4.69) is 10.6 Å². The molecule has 2 heterocycles. The first-order valence-corrected chi connectivity index (χ1v) is 8.23. The fraction of sp³-hybridized carbons (Fsp3) is 0.529. The summed E-state index contributed by atoms with van der Waals surface area (Å²) in [5, 5.41) is 6.18. The van der Waals surface area contributed by atoms with Gasteiger partial charge in [-0.15, -0.1) is 12.4 Å². The van der Waals surface area contributed by atoms with Crippen molar-refractivity contribution < 1.29 is 14.3 Å². The van der Waals surface area contributed by atoms with Gasteiger partial charge in [-0.3, -0.25) is 9.59 Å². The maximum atomic E-state index is 12.5. The maximum Gasteiger partial charge on any atom is 0.254 e. The van der Waals surface area contributed by atoms with E-state index < -0.39 is 0 Å². The molecule has 1 atom stereocenters. The van der Waals surface area contributed by atoms with E-state index in [-0.39, 0.29) is 30.1 Å². The zero-order valence-electron chi connectivity index (χ0n) is 13.6. The third kappa shape index (κ3) is 4.69. The minimum atomic E-state index is -0.0104. The molecule has 0 radical (unpaired) electrons. The number of hydrogen-bond donors (Lipinski definition) is 2. The van der Waals surface area contributed by atoms with Gasteiger partial charge in [0.25, 0.3) is 5.91 Å². The third-order valence-electron chi connectivity index (χ3n) is 4.34. The molecule has 1 unspecified atom stereocenters. The molecule has 6 nitrogen and oxygen atoms in total. The lowest BCUT2D eigenvalue weighted by Crippen LogP contribution is -2.40. The Balaban J connectivity index is 0.00000208. The molecule has 0 aromatic heterocycles. The van der Waals surface area contributed by atoms with Crippen LogP contribution in [0, 0.1) is 5.92 Å². The number of morpholine rings is 1. The van der Waals surface area contributed by atoms with Crippen molar-refractivity contribution in [1.82, 2.24) is 10.2 Å². The predicted molar refractivity (Wildman–Crippen MR) is 94.6 cm³/mol. The molecule has 2 saturated heterocycles. The molecule has 2 aliphatic rings. The van der Waals surface area contributed by atoms with Crippen LogP contribution in [-0.4, -0.2) is 56.1 Å². The first kappa shape index (κ1) is 18.7. The first-order chi connectivity index (χ1) is 11.2. The molecule has 2 fully saturated rings. The number of halogens is 1. The summed E-state index contributed by atoms with van der Waals surface area (Å²) >= 11 is 0. The van der Waals surface area contributed by atoms with Gasteiger partial charge in [-0.2, -0.15) is 0 Å². The van der Waals surface area contributed by atoms with E-state index in [1.807, 2.05) is 12.1 Å². The number of piperidine rings is 1. The second-order valence-corrected chi connectivity index (χ2v) is 6.02. The molecule has 132 valence electrons. The van der Waals surface area contributed by atoms with Gasteiger partial charge in [0.1, 0.15) is 0 Å². The SMILES string of the molecule is Cl.O=C(Nc1cccc(C(=O)N2CCOCC2)c1)C1CCCNC1. The molecule has 2 N–H and O–H groups in total. The van der Waals surface area contributed by atoms with Gasteiger partial charge in [-0.1, -0.05) is 6.07 Å². The Morgan fingerprint density at radius 1 is 1.25 bits per heavy atom. The fourth-order valence-corrected chi connectivity index (χ4v) is 3.00. The molecular formula is C17H24ClN3O3. The molecule has 0 saturated carbocycles. The Labute approximate surface area is 148 Å². The van der Waals surface area contributed by atoms with E-state index >= 15 is 0 Å². The summed E-state index contributed by atoms with van der Waals surface area (Å²) < 4.78 is 5.27. The van der Waals surface area contributed by atoms with Crippen molar-refractivity contribution in [3.05, 3.63) is 29.8 Å². The number of benzene rings is 1. The third-order valence-corrected chi connectivity index (χ3v) is 4.34. The number of rotatable bonds is 3. The fourth-order valence-electron chi connectivity index (χ4n) is 3.00. The van der Waals surface area contributed by atoms with Crippen LogP contribution < -0.4 is 10.6 Å². The molecule has 2 amide bonds. The van der Waals surface area contributed by atoms with Gasteiger partial charge < -0.3 is 20.3 Å². The van der Waals surface area contributed by atoms with Gasteiger partial charge >= 0.3 is 0 Å². The first-order valence-electron chi connectivity index (χ1n) is 8.23. The van der Waals surface area contributed by atoms with Crippen molar-refractivity contribution in [2.45, 2.75) is 12.8 Å². The number of nitrogens with one attached hydrogen (secondary N) is 2. The van der Waals surface area contributed by atoms with Crippen LogP contribution >= 0.6 is 12.4 Å². The number of hydrogen-bond acceptors (Lipinski definition) is 4. The van der Waals surface area contributed by atoms with Gasteiger partial charge in [0.15, 0.2) is 0 Å². The predicted octanol–water partition coefficient (Wildman–Crippen LogP) is 1.52.